The fourth-order valence-corrected chi connectivity index (χ4v) is 5.72. The van der Waals surface area contributed by atoms with Crippen LogP contribution < -0.4 is 10.1 Å². The van der Waals surface area contributed by atoms with Crippen LogP contribution in [0.25, 0.3) is 10.2 Å². The quantitative estimate of drug-likeness (QED) is 0.360. The lowest BCUT2D eigenvalue weighted by Crippen LogP contribution is -2.34. The topological polar surface area (TPSA) is 87.7 Å². The van der Waals surface area contributed by atoms with Gasteiger partial charge in [0.15, 0.2) is 0 Å². The average Bonchev–Trinajstić information content (AvgIpc) is 3.53. The molecule has 1 aliphatic heterocycles. The Morgan fingerprint density at radius 2 is 1.92 bits per heavy atom. The van der Waals surface area contributed by atoms with Gasteiger partial charge in [-0.25, -0.2) is 4.98 Å². The number of nitrogens with zero attached hydrogens (tertiary/aromatic N) is 4. The van der Waals surface area contributed by atoms with Crippen molar-refractivity contribution in [3.05, 3.63) is 76.4 Å². The van der Waals surface area contributed by atoms with Crippen LogP contribution in [0.5, 0.6) is 11.5 Å². The number of nitrogens with one attached hydrogen (secondary N) is 1. The summed E-state index contributed by atoms with van der Waals surface area (Å²) in [6, 6.07) is 15.3. The van der Waals surface area contributed by atoms with Gasteiger partial charge in [0.25, 0.3) is 5.91 Å². The zero-order valence-corrected chi connectivity index (χ0v) is 22.8. The van der Waals surface area contributed by atoms with Crippen molar-refractivity contribution in [3.63, 3.8) is 0 Å². The molecule has 8 nitrogen and oxygen atoms in total. The molecule has 1 aliphatic rings. The molecule has 3 aromatic heterocycles. The zero-order chi connectivity index (χ0) is 26.8. The highest BCUT2D eigenvalue weighted by Gasteiger charge is 2.29. The first kappa shape index (κ1) is 25.8. The van der Waals surface area contributed by atoms with E-state index in [0.717, 1.165) is 46.5 Å². The lowest BCUT2D eigenvalue weighted by Gasteiger charge is -2.19. The molecule has 0 saturated carbocycles. The van der Waals surface area contributed by atoms with Crippen LogP contribution in [0.15, 0.2) is 54.7 Å². The molecule has 38 heavy (non-hydrogen) atoms. The van der Waals surface area contributed by atoms with Crippen LogP contribution in [-0.2, 0) is 11.2 Å². The van der Waals surface area contributed by atoms with E-state index in [1.165, 1.54) is 11.3 Å². The highest BCUT2D eigenvalue weighted by Crippen LogP contribution is 2.36. The Kier molecular flexibility index (Phi) is 7.40. The minimum atomic E-state index is -0.127. The molecule has 1 fully saturated rings. The molecule has 4 aromatic rings. The summed E-state index contributed by atoms with van der Waals surface area (Å²) in [6.45, 7) is 5.38. The van der Waals surface area contributed by atoms with E-state index >= 15 is 0 Å². The summed E-state index contributed by atoms with van der Waals surface area (Å²) in [5, 5.41) is 2.87. The molecule has 2 amide bonds. The molecule has 4 heterocycles. The SMILES string of the molecule is Cc1cc(C)nc(NC(=O)Cc2ccc(Oc3ccnc4cc(C(=O)N5CC[C@@H](N(C)C)C5)sc34)cc2)c1. The van der Waals surface area contributed by atoms with Crippen molar-refractivity contribution in [3.8, 4) is 11.5 Å². The number of anilines is 1. The first-order valence-corrected chi connectivity index (χ1v) is 13.4. The van der Waals surface area contributed by atoms with Crippen molar-refractivity contribution in [2.45, 2.75) is 32.7 Å². The number of carbonyl (C=O) groups excluding carboxylic acids is 2. The number of rotatable bonds is 7. The fraction of sp³-hybridized carbons (Fsp3) is 0.310. The minimum Gasteiger partial charge on any atom is -0.456 e. The lowest BCUT2D eigenvalue weighted by molar-refractivity contribution is -0.115. The fourth-order valence-electron chi connectivity index (χ4n) is 4.68. The highest BCUT2D eigenvalue weighted by atomic mass is 32.1. The van der Waals surface area contributed by atoms with Gasteiger partial charge in [0.1, 0.15) is 17.3 Å². The van der Waals surface area contributed by atoms with Gasteiger partial charge in [-0.15, -0.1) is 11.3 Å². The van der Waals surface area contributed by atoms with Crippen LogP contribution in [0.1, 0.15) is 32.9 Å². The smallest absolute Gasteiger partial charge is 0.264 e. The van der Waals surface area contributed by atoms with E-state index in [2.05, 4.69) is 34.3 Å². The molecule has 9 heteroatoms. The molecule has 0 aliphatic carbocycles. The van der Waals surface area contributed by atoms with E-state index < -0.39 is 0 Å². The van der Waals surface area contributed by atoms with E-state index in [9.17, 15) is 9.59 Å². The first-order chi connectivity index (χ1) is 18.2. The molecule has 1 atom stereocenters. The Hall–Kier alpha value is -3.82. The maximum absolute atomic E-state index is 13.1. The van der Waals surface area contributed by atoms with Crippen molar-refractivity contribution < 1.29 is 14.3 Å². The second kappa shape index (κ2) is 10.9. The Balaban J connectivity index is 1.25. The van der Waals surface area contributed by atoms with Gasteiger partial charge in [0.2, 0.25) is 5.91 Å². The molecule has 5 rings (SSSR count). The van der Waals surface area contributed by atoms with Crippen LogP contribution in [0.2, 0.25) is 0 Å². The lowest BCUT2D eigenvalue weighted by atomic mass is 10.1. The third kappa shape index (κ3) is 5.84. The van der Waals surface area contributed by atoms with Gasteiger partial charge >= 0.3 is 0 Å². The molecule has 1 saturated heterocycles. The monoisotopic (exact) mass is 529 g/mol. The summed E-state index contributed by atoms with van der Waals surface area (Å²) in [5.74, 6) is 1.77. The van der Waals surface area contributed by atoms with Crippen molar-refractivity contribution in [2.75, 3.05) is 32.5 Å². The number of thiophene rings is 1. The number of aryl methyl sites for hydroxylation is 2. The maximum Gasteiger partial charge on any atom is 0.264 e. The number of likely N-dealkylation sites (tertiary alicyclic amines) is 1. The summed E-state index contributed by atoms with van der Waals surface area (Å²) in [7, 11) is 4.10. The molecule has 0 bridgehead atoms. The van der Waals surface area contributed by atoms with Gasteiger partial charge in [0, 0.05) is 37.1 Å². The third-order valence-corrected chi connectivity index (χ3v) is 7.78. The van der Waals surface area contributed by atoms with Gasteiger partial charge < -0.3 is 19.9 Å². The molecule has 1 N–H and O–H groups in total. The zero-order valence-electron chi connectivity index (χ0n) is 22.0. The number of ether oxygens (including phenoxy) is 1. The standard InChI is InChI=1S/C29H31N5O3S/c1-18-13-19(2)31-26(14-18)32-27(35)15-20-5-7-22(8-6-20)37-24-9-11-30-23-16-25(38-28(23)24)29(36)34-12-10-21(17-34)33(3)4/h5-9,11,13-14,16,21H,10,12,15,17H2,1-4H3,(H,31,32,35)/t21-/m1/s1. The van der Waals surface area contributed by atoms with Crippen molar-refractivity contribution in [1.29, 1.82) is 0 Å². The van der Waals surface area contributed by atoms with E-state index in [1.54, 1.807) is 6.20 Å². The summed E-state index contributed by atoms with van der Waals surface area (Å²) in [5.41, 5.74) is 3.52. The van der Waals surface area contributed by atoms with Crippen LogP contribution >= 0.6 is 11.3 Å². The number of likely N-dealkylation sites (N-methyl/N-ethyl adjacent to an activating group) is 1. The number of aromatic nitrogens is 2. The number of amides is 2. The average molecular weight is 530 g/mol. The summed E-state index contributed by atoms with van der Waals surface area (Å²) < 4.78 is 7.01. The number of hydrogen-bond acceptors (Lipinski definition) is 7. The predicted octanol–water partition coefficient (Wildman–Crippen LogP) is 5.06. The van der Waals surface area contributed by atoms with Crippen LogP contribution in [-0.4, -0.2) is 64.8 Å². The van der Waals surface area contributed by atoms with Crippen LogP contribution in [0, 0.1) is 13.8 Å². The molecular formula is C29H31N5O3S. The molecule has 196 valence electrons. The third-order valence-electron chi connectivity index (χ3n) is 6.65. The summed E-state index contributed by atoms with van der Waals surface area (Å²) in [4.78, 5) is 39.2. The van der Waals surface area contributed by atoms with E-state index in [0.29, 0.717) is 28.2 Å². The number of fused-ring (bicyclic) bond motifs is 1. The number of hydrogen-bond donors (Lipinski definition) is 1. The first-order valence-electron chi connectivity index (χ1n) is 12.6. The van der Waals surface area contributed by atoms with Crippen molar-refractivity contribution in [2.24, 2.45) is 0 Å². The highest BCUT2D eigenvalue weighted by molar-refractivity contribution is 7.21. The van der Waals surface area contributed by atoms with Gasteiger partial charge in [-0.05, 0) is 75.8 Å². The Morgan fingerprint density at radius 1 is 1.13 bits per heavy atom. The van der Waals surface area contributed by atoms with Crippen molar-refractivity contribution in [1.82, 2.24) is 19.8 Å². The Labute approximate surface area is 226 Å². The Bertz CT molecular complexity index is 1460. The second-order valence-corrected chi connectivity index (χ2v) is 11.0. The minimum absolute atomic E-state index is 0.0435. The van der Waals surface area contributed by atoms with Gasteiger partial charge in [-0.3, -0.25) is 14.6 Å². The van der Waals surface area contributed by atoms with Crippen LogP contribution in [0.4, 0.5) is 5.82 Å². The summed E-state index contributed by atoms with van der Waals surface area (Å²) >= 11 is 1.41. The molecule has 0 spiro atoms. The number of benzene rings is 1. The van der Waals surface area contributed by atoms with Gasteiger partial charge in [-0.1, -0.05) is 12.1 Å². The number of pyridine rings is 2. The summed E-state index contributed by atoms with van der Waals surface area (Å²) in [6.07, 6.45) is 2.91. The predicted molar refractivity (Wildman–Crippen MR) is 150 cm³/mol. The largest absolute Gasteiger partial charge is 0.456 e. The van der Waals surface area contributed by atoms with Crippen molar-refractivity contribution >= 4 is 39.2 Å². The Morgan fingerprint density at radius 3 is 2.63 bits per heavy atom. The molecular weight excluding hydrogens is 498 g/mol. The molecule has 0 radical (unpaired) electrons. The normalized spacial score (nSPS) is 15.3. The van der Waals surface area contributed by atoms with E-state index in [1.807, 2.05) is 67.3 Å². The van der Waals surface area contributed by atoms with Gasteiger partial charge in [0.05, 0.1) is 21.5 Å². The van der Waals surface area contributed by atoms with E-state index in [-0.39, 0.29) is 18.2 Å². The van der Waals surface area contributed by atoms with Gasteiger partial charge in [-0.2, -0.15) is 0 Å². The second-order valence-electron chi connectivity index (χ2n) is 9.93. The molecule has 1 aromatic carbocycles. The maximum atomic E-state index is 13.1. The number of carbonyl (C=O) groups is 2. The van der Waals surface area contributed by atoms with Crippen LogP contribution in [0.3, 0.4) is 0 Å². The molecule has 0 unspecified atom stereocenters. The van der Waals surface area contributed by atoms with E-state index in [4.69, 9.17) is 4.74 Å².